The van der Waals surface area contributed by atoms with Gasteiger partial charge in [0.1, 0.15) is 6.61 Å². The molecule has 2 heterocycles. The Hall–Kier alpha value is -3.02. The van der Waals surface area contributed by atoms with Crippen molar-refractivity contribution in [2.24, 2.45) is 0 Å². The first-order valence-corrected chi connectivity index (χ1v) is 6.85. The SMILES string of the molecule is O=C(OCCNc1ncccn1)c1cncc2ccccc12. The van der Waals surface area contributed by atoms with Crippen LogP contribution in [0.1, 0.15) is 10.4 Å². The van der Waals surface area contributed by atoms with E-state index in [-0.39, 0.29) is 12.6 Å². The molecule has 0 fully saturated rings. The molecular weight excluding hydrogens is 280 g/mol. The number of ether oxygens (including phenoxy) is 1. The smallest absolute Gasteiger partial charge is 0.340 e. The number of pyridine rings is 1. The highest BCUT2D eigenvalue weighted by Crippen LogP contribution is 2.17. The van der Waals surface area contributed by atoms with Crippen LogP contribution >= 0.6 is 0 Å². The summed E-state index contributed by atoms with van der Waals surface area (Å²) in [5.74, 6) is 0.116. The summed E-state index contributed by atoms with van der Waals surface area (Å²) in [6.07, 6.45) is 6.53. The second-order valence-electron chi connectivity index (χ2n) is 4.54. The third-order valence-corrected chi connectivity index (χ3v) is 3.07. The molecule has 1 aromatic carbocycles. The number of nitrogens with one attached hydrogen (secondary N) is 1. The molecule has 1 N–H and O–H groups in total. The highest BCUT2D eigenvalue weighted by atomic mass is 16.5. The van der Waals surface area contributed by atoms with Gasteiger partial charge in [0, 0.05) is 30.2 Å². The van der Waals surface area contributed by atoms with Gasteiger partial charge in [-0.2, -0.15) is 0 Å². The van der Waals surface area contributed by atoms with Crippen LogP contribution < -0.4 is 5.32 Å². The van der Waals surface area contributed by atoms with Crippen molar-refractivity contribution in [3.8, 4) is 0 Å². The van der Waals surface area contributed by atoms with Gasteiger partial charge in [-0.15, -0.1) is 0 Å². The topological polar surface area (TPSA) is 77.0 Å². The third kappa shape index (κ3) is 3.17. The molecule has 110 valence electrons. The van der Waals surface area contributed by atoms with Crippen molar-refractivity contribution in [2.75, 3.05) is 18.5 Å². The van der Waals surface area contributed by atoms with Gasteiger partial charge in [-0.25, -0.2) is 14.8 Å². The lowest BCUT2D eigenvalue weighted by Gasteiger charge is -2.08. The largest absolute Gasteiger partial charge is 0.460 e. The predicted octanol–water partition coefficient (Wildman–Crippen LogP) is 2.29. The second-order valence-corrected chi connectivity index (χ2v) is 4.54. The van der Waals surface area contributed by atoms with Crippen molar-refractivity contribution >= 4 is 22.7 Å². The maximum absolute atomic E-state index is 12.1. The predicted molar refractivity (Wildman–Crippen MR) is 82.5 cm³/mol. The van der Waals surface area contributed by atoms with Gasteiger partial charge in [0.25, 0.3) is 0 Å². The van der Waals surface area contributed by atoms with E-state index < -0.39 is 0 Å². The number of hydrogen-bond acceptors (Lipinski definition) is 6. The summed E-state index contributed by atoms with van der Waals surface area (Å²) in [6, 6.07) is 9.31. The summed E-state index contributed by atoms with van der Waals surface area (Å²) < 4.78 is 5.26. The van der Waals surface area contributed by atoms with E-state index in [2.05, 4.69) is 20.3 Å². The van der Waals surface area contributed by atoms with Crippen molar-refractivity contribution in [1.82, 2.24) is 15.0 Å². The maximum Gasteiger partial charge on any atom is 0.340 e. The first kappa shape index (κ1) is 13.9. The van der Waals surface area contributed by atoms with Crippen LogP contribution in [0.25, 0.3) is 10.8 Å². The molecular formula is C16H14N4O2. The van der Waals surface area contributed by atoms with E-state index in [0.29, 0.717) is 18.1 Å². The zero-order valence-electron chi connectivity index (χ0n) is 11.8. The van der Waals surface area contributed by atoms with Crippen LogP contribution in [0.15, 0.2) is 55.1 Å². The summed E-state index contributed by atoms with van der Waals surface area (Å²) in [5.41, 5.74) is 0.467. The molecule has 0 saturated carbocycles. The molecule has 6 heteroatoms. The molecule has 0 aliphatic heterocycles. The lowest BCUT2D eigenvalue weighted by molar-refractivity contribution is 0.0522. The second kappa shape index (κ2) is 6.62. The Balaban J connectivity index is 1.60. The van der Waals surface area contributed by atoms with Crippen molar-refractivity contribution in [2.45, 2.75) is 0 Å². The van der Waals surface area contributed by atoms with Gasteiger partial charge < -0.3 is 10.1 Å². The van der Waals surface area contributed by atoms with Gasteiger partial charge in [-0.05, 0) is 11.5 Å². The number of esters is 1. The number of carbonyl (C=O) groups excluding carboxylic acids is 1. The van der Waals surface area contributed by atoms with Gasteiger partial charge in [-0.1, -0.05) is 24.3 Å². The Bertz CT molecular complexity index is 772. The van der Waals surface area contributed by atoms with Crippen LogP contribution in [-0.2, 0) is 4.74 Å². The van der Waals surface area contributed by atoms with Crippen LogP contribution in [0.5, 0.6) is 0 Å². The quantitative estimate of drug-likeness (QED) is 0.574. The van der Waals surface area contributed by atoms with Crippen molar-refractivity contribution < 1.29 is 9.53 Å². The van der Waals surface area contributed by atoms with Gasteiger partial charge >= 0.3 is 5.97 Å². The summed E-state index contributed by atoms with van der Waals surface area (Å²) in [6.45, 7) is 0.661. The molecule has 0 radical (unpaired) electrons. The molecule has 0 amide bonds. The highest BCUT2D eigenvalue weighted by Gasteiger charge is 2.11. The molecule has 3 aromatic rings. The fourth-order valence-electron chi connectivity index (χ4n) is 2.05. The van der Waals surface area contributed by atoms with Crippen LogP contribution in [-0.4, -0.2) is 34.1 Å². The third-order valence-electron chi connectivity index (χ3n) is 3.07. The van der Waals surface area contributed by atoms with E-state index in [9.17, 15) is 4.79 Å². The molecule has 22 heavy (non-hydrogen) atoms. The Morgan fingerprint density at radius 3 is 2.77 bits per heavy atom. The zero-order chi connectivity index (χ0) is 15.2. The van der Waals surface area contributed by atoms with Crippen molar-refractivity contribution in [3.63, 3.8) is 0 Å². The van der Waals surface area contributed by atoms with Crippen LogP contribution in [0.2, 0.25) is 0 Å². The molecule has 3 rings (SSSR count). The fourth-order valence-corrected chi connectivity index (χ4v) is 2.05. The van der Waals surface area contributed by atoms with E-state index >= 15 is 0 Å². The van der Waals surface area contributed by atoms with Crippen molar-refractivity contribution in [1.29, 1.82) is 0 Å². The van der Waals surface area contributed by atoms with E-state index in [1.54, 1.807) is 24.7 Å². The molecule has 6 nitrogen and oxygen atoms in total. The zero-order valence-corrected chi connectivity index (χ0v) is 11.8. The van der Waals surface area contributed by atoms with E-state index in [4.69, 9.17) is 4.74 Å². The number of aromatic nitrogens is 3. The first-order chi connectivity index (χ1) is 10.8. The minimum Gasteiger partial charge on any atom is -0.460 e. The Kier molecular flexibility index (Phi) is 4.20. The molecule has 0 aliphatic carbocycles. The molecule has 0 saturated heterocycles. The molecule has 2 aromatic heterocycles. The number of benzene rings is 1. The van der Waals surface area contributed by atoms with Gasteiger partial charge in [0.05, 0.1) is 12.1 Å². The number of nitrogens with zero attached hydrogens (tertiary/aromatic N) is 3. The average Bonchev–Trinajstić information content (AvgIpc) is 2.59. The lowest BCUT2D eigenvalue weighted by Crippen LogP contribution is -2.15. The van der Waals surface area contributed by atoms with E-state index in [0.717, 1.165) is 10.8 Å². The molecule has 0 spiro atoms. The van der Waals surface area contributed by atoms with Gasteiger partial charge in [-0.3, -0.25) is 4.98 Å². The lowest BCUT2D eigenvalue weighted by atomic mass is 10.1. The van der Waals surface area contributed by atoms with Crippen LogP contribution in [0.3, 0.4) is 0 Å². The van der Waals surface area contributed by atoms with Crippen LogP contribution in [0, 0.1) is 0 Å². The monoisotopic (exact) mass is 294 g/mol. The molecule has 0 atom stereocenters. The fraction of sp³-hybridized carbons (Fsp3) is 0.125. The summed E-state index contributed by atoms with van der Waals surface area (Å²) in [7, 11) is 0. The number of carbonyl (C=O) groups is 1. The molecule has 0 bridgehead atoms. The van der Waals surface area contributed by atoms with Gasteiger partial charge in [0.2, 0.25) is 5.95 Å². The summed E-state index contributed by atoms with van der Waals surface area (Å²) in [5, 5.41) is 4.72. The Morgan fingerprint density at radius 2 is 1.91 bits per heavy atom. The minimum atomic E-state index is -0.389. The number of fused-ring (bicyclic) bond motifs is 1. The Morgan fingerprint density at radius 1 is 1.09 bits per heavy atom. The number of hydrogen-bond donors (Lipinski definition) is 1. The average molecular weight is 294 g/mol. The molecule has 0 unspecified atom stereocenters. The normalized spacial score (nSPS) is 10.4. The summed E-state index contributed by atoms with van der Waals surface area (Å²) >= 11 is 0. The van der Waals surface area contributed by atoms with E-state index in [1.165, 1.54) is 6.20 Å². The number of rotatable bonds is 5. The standard InChI is InChI=1S/C16H14N4O2/c21-15(22-9-8-20-16-18-6-3-7-19-16)14-11-17-10-12-4-1-2-5-13(12)14/h1-7,10-11H,8-9H2,(H,18,19,20). The van der Waals surface area contributed by atoms with E-state index in [1.807, 2.05) is 24.3 Å². The highest BCUT2D eigenvalue weighted by molar-refractivity contribution is 6.03. The molecule has 0 aliphatic rings. The Labute approximate surface area is 127 Å². The number of anilines is 1. The summed E-state index contributed by atoms with van der Waals surface area (Å²) in [4.78, 5) is 24.3. The van der Waals surface area contributed by atoms with Gasteiger partial charge in [0.15, 0.2) is 0 Å². The first-order valence-electron chi connectivity index (χ1n) is 6.85. The minimum absolute atomic E-state index is 0.223. The van der Waals surface area contributed by atoms with Crippen LogP contribution in [0.4, 0.5) is 5.95 Å². The van der Waals surface area contributed by atoms with Crippen molar-refractivity contribution in [3.05, 3.63) is 60.7 Å². The maximum atomic E-state index is 12.1.